The molecule has 0 rings (SSSR count). The first-order valence-electron chi connectivity index (χ1n) is 2.30. The summed E-state index contributed by atoms with van der Waals surface area (Å²) in [5.41, 5.74) is 5.59. The van der Waals surface area contributed by atoms with E-state index in [1.165, 1.54) is 6.21 Å². The number of nitrogens with one attached hydrogen (secondary N) is 1. The van der Waals surface area contributed by atoms with Gasteiger partial charge in [0.05, 0.1) is 6.21 Å². The molecule has 0 aliphatic rings. The summed E-state index contributed by atoms with van der Waals surface area (Å²) in [6, 6.07) is 0. The summed E-state index contributed by atoms with van der Waals surface area (Å²) in [5, 5.41) is 2.65. The van der Waals surface area contributed by atoms with Crippen LogP contribution in [-0.2, 0) is 0 Å². The van der Waals surface area contributed by atoms with E-state index in [1.54, 1.807) is 0 Å². The van der Waals surface area contributed by atoms with E-state index in [-0.39, 0.29) is 0 Å². The fourth-order valence-corrected chi connectivity index (χ4v) is 0.273. The topological polar surface area (TPSA) is 50.4 Å². The van der Waals surface area contributed by atoms with Crippen molar-refractivity contribution in [1.82, 2.24) is 5.09 Å². The molecule has 0 fully saturated rings. The van der Waals surface area contributed by atoms with E-state index in [2.05, 4.69) is 32.6 Å². The van der Waals surface area contributed by atoms with Crippen LogP contribution < -0.4 is 10.8 Å². The van der Waals surface area contributed by atoms with Crippen LogP contribution in [0.3, 0.4) is 0 Å². The van der Waals surface area contributed by atoms with E-state index < -0.39 is 0 Å². The Morgan fingerprint density at radius 1 is 1.67 bits per heavy atom. The first kappa shape index (κ1) is 8.18. The molecular weight excluding hydrogens is 133 g/mol. The normalized spacial score (nSPS) is 9.44. The minimum absolute atomic E-state index is 0.413. The highest BCUT2D eigenvalue weighted by atomic mass is 31.0. The Kier molecular flexibility index (Phi) is 3.72. The molecule has 0 aromatic rings. The lowest BCUT2D eigenvalue weighted by Gasteiger charge is -1.93. The highest BCUT2D eigenvalue weighted by molar-refractivity contribution is 7.14. The van der Waals surface area contributed by atoms with Gasteiger partial charge in [-0.15, -0.1) is 0 Å². The Balaban J connectivity index is 3.71. The summed E-state index contributed by atoms with van der Waals surface area (Å²) in [6.07, 6.45) is 1.43. The highest BCUT2D eigenvalue weighted by Gasteiger charge is 1.78. The third kappa shape index (κ3) is 5.04. The lowest BCUT2D eigenvalue weighted by Crippen LogP contribution is -1.98. The van der Waals surface area contributed by atoms with Crippen molar-refractivity contribution in [2.75, 3.05) is 0 Å². The molecule has 3 nitrogen and oxygen atoms in total. The van der Waals surface area contributed by atoms with Gasteiger partial charge >= 0.3 is 0 Å². The molecule has 0 spiro atoms. The first-order valence-corrected chi connectivity index (χ1v) is 2.88. The number of nitrogens with two attached hydrogens (primary N) is 1. The predicted octanol–water partition coefficient (Wildman–Crippen LogP) is 0.381. The highest BCUT2D eigenvalue weighted by Crippen LogP contribution is 1.87. The summed E-state index contributed by atoms with van der Waals surface area (Å²) in [5.74, 6) is 0.534. The average molecular weight is 143 g/mol. The molecule has 0 amide bonds. The van der Waals surface area contributed by atoms with Gasteiger partial charge < -0.3 is 10.8 Å². The van der Waals surface area contributed by atoms with Gasteiger partial charge in [-0.3, -0.25) is 0 Å². The smallest absolute Gasteiger partial charge is 0.121 e. The van der Waals surface area contributed by atoms with Crippen LogP contribution in [-0.4, -0.2) is 6.21 Å². The maximum Gasteiger partial charge on any atom is 0.121 e. The van der Waals surface area contributed by atoms with Crippen molar-refractivity contribution in [3.63, 3.8) is 0 Å². The summed E-state index contributed by atoms with van der Waals surface area (Å²) in [6.45, 7) is 6.93. The Morgan fingerprint density at radius 2 is 2.22 bits per heavy atom. The number of nitrogens with zero attached hydrogens (tertiary/aromatic N) is 1. The van der Waals surface area contributed by atoms with Crippen molar-refractivity contribution in [3.05, 3.63) is 24.7 Å². The maximum absolute atomic E-state index is 5.18. The average Bonchev–Trinajstić information content (AvgIpc) is 1.83. The number of hydrogen-bond donors (Lipinski definition) is 2. The summed E-state index contributed by atoms with van der Waals surface area (Å²) in [4.78, 5) is 3.77. The van der Waals surface area contributed by atoms with Crippen LogP contribution in [0.1, 0.15) is 0 Å². The Labute approximate surface area is 57.0 Å². The van der Waals surface area contributed by atoms with Crippen LogP contribution in [0.5, 0.6) is 0 Å². The van der Waals surface area contributed by atoms with Crippen molar-refractivity contribution in [1.29, 1.82) is 0 Å². The molecule has 0 aromatic heterocycles. The molecule has 9 heavy (non-hydrogen) atoms. The van der Waals surface area contributed by atoms with E-state index in [0.717, 1.165) is 0 Å². The predicted molar refractivity (Wildman–Crippen MR) is 43.8 cm³/mol. The maximum atomic E-state index is 5.18. The largest absolute Gasteiger partial charge is 0.398 e. The van der Waals surface area contributed by atoms with Crippen LogP contribution in [0.4, 0.5) is 0 Å². The molecule has 4 heteroatoms. The lowest BCUT2D eigenvalue weighted by atomic mass is 10.6. The molecule has 0 radical (unpaired) electrons. The Morgan fingerprint density at radius 3 is 2.56 bits per heavy atom. The summed E-state index contributed by atoms with van der Waals surface area (Å²) in [7, 11) is 2.27. The molecular formula is C5H10N3P. The fourth-order valence-electron chi connectivity index (χ4n) is 0.198. The molecule has 0 saturated heterocycles. The second-order valence-electron chi connectivity index (χ2n) is 1.42. The molecule has 0 aliphatic heterocycles. The van der Waals surface area contributed by atoms with Gasteiger partial charge in [0.25, 0.3) is 0 Å². The molecule has 1 unspecified atom stereocenters. The first-order chi connectivity index (χ1) is 4.16. The minimum Gasteiger partial charge on any atom is -0.398 e. The molecule has 50 valence electrons. The van der Waals surface area contributed by atoms with Gasteiger partial charge in [-0.05, 0) is 9.39 Å². The minimum atomic E-state index is 0.413. The SMILES string of the molecule is C=C(N)/C=N\C(=C)NP. The van der Waals surface area contributed by atoms with Crippen LogP contribution in [0.25, 0.3) is 0 Å². The second-order valence-corrected chi connectivity index (χ2v) is 1.71. The zero-order chi connectivity index (χ0) is 7.28. The molecule has 0 heterocycles. The van der Waals surface area contributed by atoms with E-state index >= 15 is 0 Å². The quantitative estimate of drug-likeness (QED) is 0.443. The van der Waals surface area contributed by atoms with E-state index in [4.69, 9.17) is 5.73 Å². The van der Waals surface area contributed by atoms with Crippen molar-refractivity contribution >= 4 is 15.6 Å². The standard InChI is InChI=1S/C5H10N3P/c1-4(6)3-7-5(2)8-9/h3,8H,1-2,6,9H2/b7-3-. The zero-order valence-electron chi connectivity index (χ0n) is 5.09. The van der Waals surface area contributed by atoms with Crippen LogP contribution in [0.15, 0.2) is 29.7 Å². The summed E-state index contributed by atoms with van der Waals surface area (Å²) >= 11 is 0. The van der Waals surface area contributed by atoms with E-state index in [0.29, 0.717) is 11.5 Å². The molecule has 0 aliphatic carbocycles. The second kappa shape index (κ2) is 4.10. The van der Waals surface area contributed by atoms with Crippen LogP contribution in [0, 0.1) is 0 Å². The van der Waals surface area contributed by atoms with E-state index in [9.17, 15) is 0 Å². The third-order valence-electron chi connectivity index (χ3n) is 0.553. The Hall–Kier alpha value is -0.820. The van der Waals surface area contributed by atoms with Gasteiger partial charge in [0.1, 0.15) is 5.82 Å². The van der Waals surface area contributed by atoms with Gasteiger partial charge in [0.15, 0.2) is 0 Å². The zero-order valence-corrected chi connectivity index (χ0v) is 6.25. The molecule has 0 bridgehead atoms. The monoisotopic (exact) mass is 143 g/mol. The summed E-state index contributed by atoms with van der Waals surface area (Å²) < 4.78 is 0. The van der Waals surface area contributed by atoms with Gasteiger partial charge in [-0.2, -0.15) is 0 Å². The van der Waals surface area contributed by atoms with Gasteiger partial charge in [-0.1, -0.05) is 13.2 Å². The Bertz CT molecular complexity index is 150. The fraction of sp³-hybridized carbons (Fsp3) is 0. The van der Waals surface area contributed by atoms with Crippen molar-refractivity contribution < 1.29 is 0 Å². The molecule has 0 saturated carbocycles. The van der Waals surface area contributed by atoms with Crippen molar-refractivity contribution in [2.24, 2.45) is 10.7 Å². The van der Waals surface area contributed by atoms with Gasteiger partial charge in [0.2, 0.25) is 0 Å². The van der Waals surface area contributed by atoms with Gasteiger partial charge in [0, 0.05) is 5.70 Å². The van der Waals surface area contributed by atoms with Crippen molar-refractivity contribution in [3.8, 4) is 0 Å². The number of aliphatic imine (C=N–C) groups is 1. The van der Waals surface area contributed by atoms with Crippen LogP contribution in [0.2, 0.25) is 0 Å². The third-order valence-corrected chi connectivity index (χ3v) is 0.886. The lowest BCUT2D eigenvalue weighted by molar-refractivity contribution is 1.17. The van der Waals surface area contributed by atoms with Crippen molar-refractivity contribution in [2.45, 2.75) is 0 Å². The number of hydrogen-bond acceptors (Lipinski definition) is 3. The molecule has 1 atom stereocenters. The molecule has 0 aromatic carbocycles. The number of rotatable bonds is 3. The molecule has 3 N–H and O–H groups in total. The van der Waals surface area contributed by atoms with Crippen LogP contribution >= 0.6 is 9.39 Å². The van der Waals surface area contributed by atoms with Gasteiger partial charge in [-0.25, -0.2) is 4.99 Å². The number of allylic oxidation sites excluding steroid dienone is 1. The van der Waals surface area contributed by atoms with E-state index in [1.807, 2.05) is 0 Å².